The van der Waals surface area contributed by atoms with E-state index in [2.05, 4.69) is 29.6 Å². The van der Waals surface area contributed by atoms with Crippen molar-refractivity contribution >= 4 is 17.6 Å². The molecule has 1 aliphatic heterocycles. The molecule has 0 aromatic heterocycles. The number of rotatable bonds is 9. The first kappa shape index (κ1) is 25.0. The van der Waals surface area contributed by atoms with Gasteiger partial charge in [-0.25, -0.2) is 4.79 Å². The van der Waals surface area contributed by atoms with Gasteiger partial charge in [0.2, 0.25) is 5.91 Å². The molecule has 192 valence electrons. The number of nitrogens with one attached hydrogen (secondary N) is 1. The number of carboxylic acid groups (broad SMARTS) is 1. The summed E-state index contributed by atoms with van der Waals surface area (Å²) in [7, 11) is 0. The molecular formula is C31H34N2O4. The smallest absolute Gasteiger partial charge is 0.339 e. The number of carboxylic acids is 1. The number of nitrogens with zero attached hydrogens (tertiary/aromatic N) is 1. The van der Waals surface area contributed by atoms with Crippen molar-refractivity contribution in [3.05, 3.63) is 95.1 Å². The lowest BCUT2D eigenvalue weighted by atomic mass is 9.84. The molecule has 2 fully saturated rings. The van der Waals surface area contributed by atoms with Crippen LogP contribution >= 0.6 is 0 Å². The first-order chi connectivity index (χ1) is 18.1. The molecule has 1 atom stereocenters. The van der Waals surface area contributed by atoms with Crippen molar-refractivity contribution in [2.24, 2.45) is 0 Å². The summed E-state index contributed by atoms with van der Waals surface area (Å²) in [6.07, 6.45) is 7.21. The third-order valence-corrected chi connectivity index (χ3v) is 7.53. The molecule has 0 radical (unpaired) electrons. The van der Waals surface area contributed by atoms with E-state index in [9.17, 15) is 14.7 Å². The normalized spacial score (nSPS) is 17.6. The van der Waals surface area contributed by atoms with E-state index >= 15 is 0 Å². The number of anilines is 1. The summed E-state index contributed by atoms with van der Waals surface area (Å²) >= 11 is 0. The van der Waals surface area contributed by atoms with Gasteiger partial charge in [0, 0.05) is 11.8 Å². The van der Waals surface area contributed by atoms with Crippen molar-refractivity contribution in [3.8, 4) is 5.75 Å². The van der Waals surface area contributed by atoms with Crippen LogP contribution in [0.4, 0.5) is 5.69 Å². The number of benzene rings is 3. The van der Waals surface area contributed by atoms with Crippen LogP contribution < -0.4 is 15.0 Å². The highest BCUT2D eigenvalue weighted by Crippen LogP contribution is 2.33. The number of ether oxygens (including phenoxy) is 1. The molecule has 1 heterocycles. The summed E-state index contributed by atoms with van der Waals surface area (Å²) in [4.78, 5) is 27.1. The number of hydrogen-bond donors (Lipinski definition) is 2. The van der Waals surface area contributed by atoms with Crippen molar-refractivity contribution in [2.75, 3.05) is 11.4 Å². The predicted molar refractivity (Wildman–Crippen MR) is 144 cm³/mol. The zero-order chi connectivity index (χ0) is 25.6. The van der Waals surface area contributed by atoms with Crippen LogP contribution in [0.3, 0.4) is 0 Å². The van der Waals surface area contributed by atoms with Crippen LogP contribution in [-0.4, -0.2) is 29.6 Å². The molecule has 1 aliphatic carbocycles. The molecule has 37 heavy (non-hydrogen) atoms. The maximum atomic E-state index is 13.5. The summed E-state index contributed by atoms with van der Waals surface area (Å²) in [5.74, 6) is -0.195. The fourth-order valence-electron chi connectivity index (χ4n) is 5.21. The molecule has 6 nitrogen and oxygen atoms in total. The molecule has 3 aromatic rings. The van der Waals surface area contributed by atoms with E-state index in [4.69, 9.17) is 4.74 Å². The fraction of sp³-hybridized carbons (Fsp3) is 0.355. The molecular weight excluding hydrogens is 464 g/mol. The minimum absolute atomic E-state index is 0.0142. The average molecular weight is 499 g/mol. The zero-order valence-corrected chi connectivity index (χ0v) is 21.1. The van der Waals surface area contributed by atoms with E-state index in [0.29, 0.717) is 18.2 Å². The highest BCUT2D eigenvalue weighted by atomic mass is 16.5. The maximum absolute atomic E-state index is 13.5. The van der Waals surface area contributed by atoms with Crippen molar-refractivity contribution in [3.63, 3.8) is 0 Å². The summed E-state index contributed by atoms with van der Waals surface area (Å²) in [5.41, 5.74) is 4.06. The number of aromatic carboxylic acids is 1. The van der Waals surface area contributed by atoms with Crippen LogP contribution in [-0.2, 0) is 17.9 Å². The summed E-state index contributed by atoms with van der Waals surface area (Å²) in [6, 6.07) is 22.9. The third kappa shape index (κ3) is 6.03. The monoisotopic (exact) mass is 498 g/mol. The standard InChI is InChI=1S/C31H34N2O4/c34-30(28-17-18-32-28)33(20-22-11-13-25(14-12-22)24-9-5-2-6-10-24)26-15-16-27(31(35)36)29(19-26)37-21-23-7-3-1-4-8-23/h1,3-4,7-8,11-16,19,24,28,32H,2,5-6,9-10,17-18,20-21H2,(H,35,36). The second-order valence-electron chi connectivity index (χ2n) is 10.1. The maximum Gasteiger partial charge on any atom is 0.339 e. The largest absolute Gasteiger partial charge is 0.488 e. The molecule has 1 saturated carbocycles. The van der Waals surface area contributed by atoms with Crippen LogP contribution in [0.25, 0.3) is 0 Å². The fourth-order valence-corrected chi connectivity index (χ4v) is 5.21. The molecule has 6 heteroatoms. The highest BCUT2D eigenvalue weighted by molar-refractivity contribution is 5.99. The number of amides is 1. The van der Waals surface area contributed by atoms with Crippen LogP contribution in [0.15, 0.2) is 72.8 Å². The van der Waals surface area contributed by atoms with E-state index in [0.717, 1.165) is 24.1 Å². The molecule has 5 rings (SSSR count). The summed E-state index contributed by atoms with van der Waals surface area (Å²) in [5, 5.41) is 12.9. The SMILES string of the molecule is O=C(O)c1ccc(N(Cc2ccc(C3CCCCC3)cc2)C(=O)C2CCN2)cc1OCc1ccccc1. The van der Waals surface area contributed by atoms with Crippen LogP contribution in [0, 0.1) is 0 Å². The number of carbonyl (C=O) groups excluding carboxylic acids is 1. The summed E-state index contributed by atoms with van der Waals surface area (Å²) in [6.45, 7) is 1.47. The van der Waals surface area contributed by atoms with E-state index < -0.39 is 5.97 Å². The molecule has 2 N–H and O–H groups in total. The topological polar surface area (TPSA) is 78.9 Å². The molecule has 1 saturated heterocycles. The highest BCUT2D eigenvalue weighted by Gasteiger charge is 2.30. The Morgan fingerprint density at radius 1 is 0.892 bits per heavy atom. The minimum atomic E-state index is -1.06. The Morgan fingerprint density at radius 3 is 2.27 bits per heavy atom. The Bertz CT molecular complexity index is 1220. The van der Waals surface area contributed by atoms with Gasteiger partial charge in [-0.1, -0.05) is 73.9 Å². The molecule has 0 spiro atoms. The Hall–Kier alpha value is -3.64. The Kier molecular flexibility index (Phi) is 7.85. The number of carbonyl (C=O) groups is 2. The first-order valence-electron chi connectivity index (χ1n) is 13.3. The zero-order valence-electron chi connectivity index (χ0n) is 21.1. The van der Waals surface area contributed by atoms with Gasteiger partial charge in [0.05, 0.1) is 12.6 Å². The van der Waals surface area contributed by atoms with Crippen molar-refractivity contribution in [1.82, 2.24) is 5.32 Å². The molecule has 1 amide bonds. The second-order valence-corrected chi connectivity index (χ2v) is 10.1. The second kappa shape index (κ2) is 11.6. The molecule has 1 unspecified atom stereocenters. The lowest BCUT2D eigenvalue weighted by Gasteiger charge is -2.33. The van der Waals surface area contributed by atoms with Crippen molar-refractivity contribution < 1.29 is 19.4 Å². The van der Waals surface area contributed by atoms with Gasteiger partial charge in [0.15, 0.2) is 0 Å². The number of hydrogen-bond acceptors (Lipinski definition) is 4. The Morgan fingerprint density at radius 2 is 1.62 bits per heavy atom. The third-order valence-electron chi connectivity index (χ3n) is 7.53. The Balaban J connectivity index is 1.40. The van der Waals surface area contributed by atoms with Gasteiger partial charge >= 0.3 is 5.97 Å². The van der Waals surface area contributed by atoms with Crippen molar-refractivity contribution in [2.45, 2.75) is 63.6 Å². The minimum Gasteiger partial charge on any atom is -0.488 e. The lowest BCUT2D eigenvalue weighted by Crippen LogP contribution is -2.54. The van der Waals surface area contributed by atoms with E-state index in [1.165, 1.54) is 43.7 Å². The van der Waals surface area contributed by atoms with Gasteiger partial charge in [-0.05, 0) is 60.5 Å². The van der Waals surface area contributed by atoms with Crippen LogP contribution in [0.5, 0.6) is 5.75 Å². The Labute approximate surface area is 218 Å². The van der Waals surface area contributed by atoms with Gasteiger partial charge in [0.25, 0.3) is 0 Å². The summed E-state index contributed by atoms with van der Waals surface area (Å²) < 4.78 is 5.95. The predicted octanol–water partition coefficient (Wildman–Crippen LogP) is 5.91. The molecule has 2 aliphatic rings. The van der Waals surface area contributed by atoms with Gasteiger partial charge in [-0.2, -0.15) is 0 Å². The van der Waals surface area contributed by atoms with E-state index in [-0.39, 0.29) is 29.9 Å². The van der Waals surface area contributed by atoms with Crippen LogP contribution in [0.1, 0.15) is 71.5 Å². The lowest BCUT2D eigenvalue weighted by molar-refractivity contribution is -0.122. The molecule has 0 bridgehead atoms. The first-order valence-corrected chi connectivity index (χ1v) is 13.3. The quantitative estimate of drug-likeness (QED) is 0.384. The van der Waals surface area contributed by atoms with Gasteiger partial charge in [-0.15, -0.1) is 0 Å². The van der Waals surface area contributed by atoms with Gasteiger partial charge < -0.3 is 20.1 Å². The van der Waals surface area contributed by atoms with Crippen molar-refractivity contribution in [1.29, 1.82) is 0 Å². The molecule has 3 aromatic carbocycles. The average Bonchev–Trinajstić information content (AvgIpc) is 2.90. The van der Waals surface area contributed by atoms with Gasteiger partial charge in [0.1, 0.15) is 17.9 Å². The van der Waals surface area contributed by atoms with E-state index in [1.54, 1.807) is 17.0 Å². The van der Waals surface area contributed by atoms with Crippen LogP contribution in [0.2, 0.25) is 0 Å². The van der Waals surface area contributed by atoms with Gasteiger partial charge in [-0.3, -0.25) is 4.79 Å². The van der Waals surface area contributed by atoms with E-state index in [1.807, 2.05) is 30.3 Å².